The molecule has 0 saturated heterocycles. The van der Waals surface area contributed by atoms with E-state index in [1.54, 1.807) is 6.92 Å². The van der Waals surface area contributed by atoms with Gasteiger partial charge in [0.05, 0.1) is 23.1 Å². The molecular weight excluding hydrogens is 682 g/mol. The Bertz CT molecular complexity index is 1810. The molecular formula is C39H54ClN7O5. The van der Waals surface area contributed by atoms with E-state index < -0.39 is 23.4 Å². The predicted octanol–water partition coefficient (Wildman–Crippen LogP) is 9.43. The van der Waals surface area contributed by atoms with E-state index in [9.17, 15) is 14.4 Å². The lowest BCUT2D eigenvalue weighted by molar-refractivity contribution is -0.117. The maximum Gasteiger partial charge on any atom is 0.408 e. The molecule has 12 nitrogen and oxygen atoms in total. The minimum absolute atomic E-state index is 0.234. The van der Waals surface area contributed by atoms with Crippen molar-refractivity contribution in [2.75, 3.05) is 11.9 Å². The van der Waals surface area contributed by atoms with Gasteiger partial charge in [-0.15, -0.1) is 0 Å². The molecule has 3 N–H and O–H groups in total. The van der Waals surface area contributed by atoms with Crippen molar-refractivity contribution in [3.8, 4) is 0 Å². The van der Waals surface area contributed by atoms with E-state index in [0.29, 0.717) is 36.1 Å². The number of Topliss-reactive ketones (excluding diaryl/α,β-unsaturated/α-hetero) is 1. The van der Waals surface area contributed by atoms with Crippen molar-refractivity contribution in [2.24, 2.45) is 0 Å². The van der Waals surface area contributed by atoms with Crippen LogP contribution in [0.5, 0.6) is 0 Å². The van der Waals surface area contributed by atoms with E-state index in [2.05, 4.69) is 30.9 Å². The summed E-state index contributed by atoms with van der Waals surface area (Å²) >= 11 is 6.21. The summed E-state index contributed by atoms with van der Waals surface area (Å²) in [6.45, 7) is 17.2. The topological polar surface area (TPSA) is 157 Å². The first-order chi connectivity index (χ1) is 24.5. The van der Waals surface area contributed by atoms with Crippen molar-refractivity contribution >= 4 is 57.2 Å². The number of rotatable bonds is 13. The van der Waals surface area contributed by atoms with Gasteiger partial charge >= 0.3 is 12.2 Å². The number of nitrogens with zero attached hydrogens (tertiary/aromatic N) is 4. The molecule has 0 aliphatic carbocycles. The Labute approximate surface area is 312 Å². The van der Waals surface area contributed by atoms with E-state index >= 15 is 0 Å². The molecule has 52 heavy (non-hydrogen) atoms. The number of hydrogen-bond donors (Lipinski definition) is 3. The van der Waals surface area contributed by atoms with Crippen molar-refractivity contribution in [3.63, 3.8) is 0 Å². The third-order valence-electron chi connectivity index (χ3n) is 7.51. The minimum Gasteiger partial charge on any atom is -0.444 e. The quantitative estimate of drug-likeness (QED) is 0.0892. The molecule has 0 spiro atoms. The molecule has 2 aromatic heterocycles. The van der Waals surface area contributed by atoms with Gasteiger partial charge in [-0.05, 0) is 98.4 Å². The van der Waals surface area contributed by atoms with Crippen molar-refractivity contribution in [1.82, 2.24) is 30.6 Å². The van der Waals surface area contributed by atoms with E-state index in [-0.39, 0.29) is 17.9 Å². The number of carbonyl (C=O) groups is 3. The van der Waals surface area contributed by atoms with Crippen molar-refractivity contribution < 1.29 is 23.9 Å². The molecule has 0 fully saturated rings. The van der Waals surface area contributed by atoms with Gasteiger partial charge in [-0.2, -0.15) is 0 Å². The largest absolute Gasteiger partial charge is 0.444 e. The number of ether oxygens (including phenoxy) is 2. The molecule has 4 rings (SSSR count). The first-order valence-corrected chi connectivity index (χ1v) is 18.3. The molecule has 0 aliphatic rings. The van der Waals surface area contributed by atoms with E-state index in [1.807, 2.05) is 104 Å². The Hall–Kier alpha value is -4.58. The molecule has 0 aliphatic heterocycles. The molecule has 0 unspecified atom stereocenters. The maximum absolute atomic E-state index is 12.2. The van der Waals surface area contributed by atoms with Crippen LogP contribution < -0.4 is 16.0 Å². The summed E-state index contributed by atoms with van der Waals surface area (Å²) in [6, 6.07) is 14.6. The van der Waals surface area contributed by atoms with Gasteiger partial charge in [0.25, 0.3) is 0 Å². The standard InChI is InChI=1S/C23H34N4O3.C16H20ClN3O2/c1-6-18(26-22(29)30-23(3,4)5)21-25-19-14-10-9-13-17(19)20(27-21)24-15-11-7-8-12-16(2)28;1-5-11(19-15(21)22-16(2,3)4)14-18-12-9-7-6-8-10(12)13(17)20-14/h9-10,13-14,18H,6-8,11-12,15H2,1-5H3,(H,26,29)(H,24,25,27);6-9,11H,5H2,1-4H3,(H,19,21)/t18-;11-/m00/s1. The highest BCUT2D eigenvalue weighted by Gasteiger charge is 2.23. The average Bonchev–Trinajstić information content (AvgIpc) is 3.06. The van der Waals surface area contributed by atoms with E-state index in [4.69, 9.17) is 26.1 Å². The zero-order chi connectivity index (χ0) is 38.5. The third-order valence-corrected chi connectivity index (χ3v) is 7.80. The Morgan fingerprint density at radius 2 is 1.17 bits per heavy atom. The van der Waals surface area contributed by atoms with Crippen LogP contribution in [0.2, 0.25) is 5.15 Å². The van der Waals surface area contributed by atoms with Crippen molar-refractivity contribution in [1.29, 1.82) is 0 Å². The first-order valence-electron chi connectivity index (χ1n) is 17.9. The number of anilines is 1. The number of benzene rings is 2. The summed E-state index contributed by atoms with van der Waals surface area (Å²) in [5.41, 5.74) is 0.458. The first kappa shape index (κ1) is 41.8. The summed E-state index contributed by atoms with van der Waals surface area (Å²) in [5, 5.41) is 11.2. The molecule has 2 amide bonds. The number of unbranched alkanes of at least 4 members (excludes halogenated alkanes) is 2. The fourth-order valence-corrected chi connectivity index (χ4v) is 5.32. The zero-order valence-electron chi connectivity index (χ0n) is 31.9. The number of alkyl carbamates (subject to hydrolysis) is 2. The number of para-hydroxylation sites is 2. The summed E-state index contributed by atoms with van der Waals surface area (Å²) in [4.78, 5) is 53.4. The Kier molecular flexibility index (Phi) is 15.5. The summed E-state index contributed by atoms with van der Waals surface area (Å²) < 4.78 is 10.7. The van der Waals surface area contributed by atoms with Crippen LogP contribution in [-0.4, -0.2) is 55.7 Å². The maximum atomic E-state index is 12.2. The van der Waals surface area contributed by atoms with E-state index in [1.165, 1.54) is 0 Å². The van der Waals surface area contributed by atoms with E-state index in [0.717, 1.165) is 53.4 Å². The van der Waals surface area contributed by atoms with Gasteiger partial charge in [0.15, 0.2) is 11.6 Å². The predicted molar refractivity (Wildman–Crippen MR) is 207 cm³/mol. The molecule has 2 atom stereocenters. The van der Waals surface area contributed by atoms with Crippen molar-refractivity contribution in [2.45, 2.75) is 124 Å². The molecule has 2 heterocycles. The van der Waals surface area contributed by atoms with Gasteiger partial charge in [-0.25, -0.2) is 29.5 Å². The number of hydrogen-bond acceptors (Lipinski definition) is 10. The van der Waals surface area contributed by atoms with Crippen LogP contribution in [0.15, 0.2) is 48.5 Å². The Morgan fingerprint density at radius 1 is 0.692 bits per heavy atom. The van der Waals surface area contributed by atoms with Gasteiger partial charge in [-0.1, -0.05) is 56.1 Å². The lowest BCUT2D eigenvalue weighted by Gasteiger charge is -2.23. The normalized spacial score (nSPS) is 12.7. The smallest absolute Gasteiger partial charge is 0.408 e. The van der Waals surface area contributed by atoms with Crippen LogP contribution in [0.25, 0.3) is 21.8 Å². The number of fused-ring (bicyclic) bond motifs is 2. The molecule has 0 bridgehead atoms. The molecule has 0 saturated carbocycles. The van der Waals surface area contributed by atoms with Crippen LogP contribution in [0.4, 0.5) is 15.4 Å². The van der Waals surface area contributed by atoms with Crippen molar-refractivity contribution in [3.05, 3.63) is 65.3 Å². The molecule has 13 heteroatoms. The van der Waals surface area contributed by atoms with Gasteiger partial charge in [0.1, 0.15) is 28.0 Å². The zero-order valence-corrected chi connectivity index (χ0v) is 32.7. The molecule has 282 valence electrons. The number of ketones is 1. The molecule has 0 radical (unpaired) electrons. The van der Waals surface area contributed by atoms with Gasteiger partial charge in [0, 0.05) is 23.7 Å². The lowest BCUT2D eigenvalue weighted by atomic mass is 10.1. The fraction of sp³-hybridized carbons (Fsp3) is 0.513. The monoisotopic (exact) mass is 735 g/mol. The Balaban J connectivity index is 0.000000294. The van der Waals surface area contributed by atoms with Crippen LogP contribution >= 0.6 is 11.6 Å². The highest BCUT2D eigenvalue weighted by atomic mass is 35.5. The number of carbonyl (C=O) groups excluding carboxylic acids is 3. The van der Waals surface area contributed by atoms with Crippen LogP contribution in [0.1, 0.15) is 125 Å². The highest BCUT2D eigenvalue weighted by Crippen LogP contribution is 2.25. The summed E-state index contributed by atoms with van der Waals surface area (Å²) in [5.74, 6) is 2.03. The molecule has 2 aromatic carbocycles. The number of halogens is 1. The van der Waals surface area contributed by atoms with Crippen LogP contribution in [0, 0.1) is 0 Å². The number of nitrogens with one attached hydrogen (secondary N) is 3. The number of aromatic nitrogens is 4. The second-order valence-electron chi connectivity index (χ2n) is 14.5. The second-order valence-corrected chi connectivity index (χ2v) is 14.8. The average molecular weight is 736 g/mol. The third kappa shape index (κ3) is 13.9. The van der Waals surface area contributed by atoms with Crippen LogP contribution in [-0.2, 0) is 14.3 Å². The van der Waals surface area contributed by atoms with Gasteiger partial charge in [-0.3, -0.25) is 0 Å². The summed E-state index contributed by atoms with van der Waals surface area (Å²) in [7, 11) is 0. The van der Waals surface area contributed by atoms with Crippen LogP contribution in [0.3, 0.4) is 0 Å². The summed E-state index contributed by atoms with van der Waals surface area (Å²) in [6.07, 6.45) is 3.78. The molecule has 4 aromatic rings. The second kappa shape index (κ2) is 19.3. The SMILES string of the molecule is CC[C@H](NC(=O)OC(C)(C)C)c1nc(Cl)c2ccccc2n1.CC[C@H](NC(=O)OC(C)(C)C)c1nc(NCCCCCC(C)=O)c2ccccc2n1. The Morgan fingerprint density at radius 3 is 1.67 bits per heavy atom. The highest BCUT2D eigenvalue weighted by molar-refractivity contribution is 6.34. The fourth-order valence-electron chi connectivity index (χ4n) is 5.08. The number of amides is 2. The van der Waals surface area contributed by atoms with Gasteiger partial charge in [0.2, 0.25) is 0 Å². The minimum atomic E-state index is -0.568. The lowest BCUT2D eigenvalue weighted by Crippen LogP contribution is -2.35. The van der Waals surface area contributed by atoms with Gasteiger partial charge < -0.3 is 30.2 Å².